The molecular formula is C35H43N7O3. The van der Waals surface area contributed by atoms with Gasteiger partial charge in [-0.3, -0.25) is 0 Å². The number of benzene rings is 2. The molecule has 1 saturated heterocycles. The van der Waals surface area contributed by atoms with Crippen molar-refractivity contribution in [2.75, 3.05) is 56.4 Å². The summed E-state index contributed by atoms with van der Waals surface area (Å²) < 4.78 is 13.5. The lowest BCUT2D eigenvalue weighted by molar-refractivity contribution is 0.0378. The van der Waals surface area contributed by atoms with Crippen LogP contribution in [-0.4, -0.2) is 78.4 Å². The van der Waals surface area contributed by atoms with E-state index in [0.717, 1.165) is 40.9 Å². The predicted octanol–water partition coefficient (Wildman–Crippen LogP) is 5.92. The molecule has 5 rings (SSSR count). The van der Waals surface area contributed by atoms with Crippen LogP contribution in [0, 0.1) is 11.8 Å². The van der Waals surface area contributed by atoms with E-state index in [-0.39, 0.29) is 6.10 Å². The van der Waals surface area contributed by atoms with Gasteiger partial charge in [-0.15, -0.1) is 5.92 Å². The average Bonchev–Trinajstić information content (AvgIpc) is 3.58. The van der Waals surface area contributed by atoms with Crippen molar-refractivity contribution in [3.05, 3.63) is 54.4 Å². The Morgan fingerprint density at radius 2 is 2.00 bits per heavy atom. The maximum atomic E-state index is 13.2. The van der Waals surface area contributed by atoms with Crippen LogP contribution in [0.2, 0.25) is 0 Å². The lowest BCUT2D eigenvalue weighted by Gasteiger charge is -2.29. The second kappa shape index (κ2) is 13.9. The van der Waals surface area contributed by atoms with Crippen LogP contribution in [0.15, 0.2) is 48.8 Å². The highest BCUT2D eigenvalue weighted by Crippen LogP contribution is 2.39. The van der Waals surface area contributed by atoms with Crippen LogP contribution < -0.4 is 20.3 Å². The van der Waals surface area contributed by atoms with Gasteiger partial charge in [0.15, 0.2) is 0 Å². The van der Waals surface area contributed by atoms with Gasteiger partial charge in [-0.1, -0.05) is 24.1 Å². The molecule has 3 heterocycles. The summed E-state index contributed by atoms with van der Waals surface area (Å²) in [4.78, 5) is 27.3. The molecule has 4 aromatic rings. The molecule has 0 saturated carbocycles. The number of hydrogen-bond donors (Lipinski definition) is 2. The van der Waals surface area contributed by atoms with Gasteiger partial charge in [0, 0.05) is 61.6 Å². The Morgan fingerprint density at radius 1 is 1.20 bits per heavy atom. The molecule has 1 aliphatic heterocycles. The summed E-state index contributed by atoms with van der Waals surface area (Å²) >= 11 is 0. The second-order valence-electron chi connectivity index (χ2n) is 11.7. The van der Waals surface area contributed by atoms with E-state index in [1.54, 1.807) is 7.11 Å². The fourth-order valence-electron chi connectivity index (χ4n) is 5.87. The number of nitrogens with zero attached hydrogens (tertiary/aromatic N) is 5. The Morgan fingerprint density at radius 3 is 2.71 bits per heavy atom. The van der Waals surface area contributed by atoms with Crippen LogP contribution >= 0.6 is 0 Å². The minimum Gasteiger partial charge on any atom is -0.494 e. The minimum atomic E-state index is -0.471. The summed E-state index contributed by atoms with van der Waals surface area (Å²) in [5, 5.41) is 7.82. The number of nitrogens with one attached hydrogen (secondary N) is 2. The quantitative estimate of drug-likeness (QED) is 0.159. The van der Waals surface area contributed by atoms with E-state index in [1.165, 1.54) is 19.0 Å². The molecule has 0 amide bonds. The third-order valence-electron chi connectivity index (χ3n) is 8.18. The lowest BCUT2D eigenvalue weighted by atomic mass is 10.1. The zero-order valence-electron chi connectivity index (χ0n) is 27.3. The standard InChI is InChI=1S/C35H43N7O3/c1-8-9-16-36-28-18-29(32(44-7)19-31(28)41(5)21-24-13-12-17-40(24)4)38-35-37-20-26(34(43)45-23(2)3)33(39-35)27-22-42(6)30-15-11-10-14-25(27)30/h10-11,14-15,18-20,22-24,36H,12-13,16-17,21H2,1-7H3,(H,37,38,39). The highest BCUT2D eigenvalue weighted by atomic mass is 16.5. The van der Waals surface area contributed by atoms with Crippen LogP contribution in [-0.2, 0) is 11.8 Å². The second-order valence-corrected chi connectivity index (χ2v) is 11.7. The van der Waals surface area contributed by atoms with Crippen LogP contribution in [0.4, 0.5) is 23.0 Å². The van der Waals surface area contributed by atoms with Gasteiger partial charge in [0.1, 0.15) is 11.3 Å². The average molecular weight is 610 g/mol. The van der Waals surface area contributed by atoms with Crippen molar-refractivity contribution in [2.24, 2.45) is 7.05 Å². The topological polar surface area (TPSA) is 96.8 Å². The summed E-state index contributed by atoms with van der Waals surface area (Å²) in [5.74, 6) is 6.56. The number of aryl methyl sites for hydroxylation is 1. The van der Waals surface area contributed by atoms with E-state index in [0.29, 0.717) is 41.2 Å². The molecule has 10 heteroatoms. The molecule has 45 heavy (non-hydrogen) atoms. The van der Waals surface area contributed by atoms with Gasteiger partial charge >= 0.3 is 5.97 Å². The number of esters is 1. The molecule has 2 aromatic carbocycles. The van der Waals surface area contributed by atoms with Gasteiger partial charge < -0.3 is 34.5 Å². The summed E-state index contributed by atoms with van der Waals surface area (Å²) in [5.41, 5.74) is 5.24. The van der Waals surface area contributed by atoms with Crippen molar-refractivity contribution < 1.29 is 14.3 Å². The lowest BCUT2D eigenvalue weighted by Crippen LogP contribution is -2.36. The highest BCUT2D eigenvalue weighted by molar-refractivity contribution is 6.03. The van der Waals surface area contributed by atoms with E-state index < -0.39 is 5.97 Å². The number of methoxy groups -OCH3 is 1. The molecule has 0 spiro atoms. The largest absolute Gasteiger partial charge is 0.494 e. The normalized spacial score (nSPS) is 14.7. The first-order valence-electron chi connectivity index (χ1n) is 15.4. The number of likely N-dealkylation sites (N-methyl/N-ethyl adjacent to an activating group) is 2. The smallest absolute Gasteiger partial charge is 0.342 e. The first kappa shape index (κ1) is 31.7. The van der Waals surface area contributed by atoms with Crippen LogP contribution in [0.3, 0.4) is 0 Å². The summed E-state index contributed by atoms with van der Waals surface area (Å²) in [6, 6.07) is 12.5. The minimum absolute atomic E-state index is 0.283. The first-order valence-corrected chi connectivity index (χ1v) is 15.4. The molecule has 10 nitrogen and oxygen atoms in total. The molecule has 1 aliphatic rings. The summed E-state index contributed by atoms with van der Waals surface area (Å²) in [6.07, 6.45) is 5.62. The van der Waals surface area contributed by atoms with E-state index >= 15 is 0 Å². The van der Waals surface area contributed by atoms with Crippen LogP contribution in [0.1, 0.15) is 44.0 Å². The Kier molecular flexibility index (Phi) is 9.79. The van der Waals surface area contributed by atoms with Crippen molar-refractivity contribution in [1.29, 1.82) is 0 Å². The third kappa shape index (κ3) is 6.99. The fraction of sp³-hybridized carbons (Fsp3) is 0.400. The van der Waals surface area contributed by atoms with Gasteiger partial charge in [0.2, 0.25) is 5.95 Å². The molecule has 0 bridgehead atoms. The number of para-hydroxylation sites is 1. The number of likely N-dealkylation sites (tertiary alicyclic amines) is 1. The number of aromatic nitrogens is 3. The van der Waals surface area contributed by atoms with Gasteiger partial charge in [-0.05, 0) is 59.3 Å². The van der Waals surface area contributed by atoms with E-state index in [2.05, 4.69) is 51.4 Å². The number of carbonyl (C=O) groups excluding carboxylic acids is 1. The molecule has 0 radical (unpaired) electrons. The summed E-state index contributed by atoms with van der Waals surface area (Å²) in [7, 11) is 7.93. The third-order valence-corrected chi connectivity index (χ3v) is 8.18. The number of fused-ring (bicyclic) bond motifs is 1. The van der Waals surface area contributed by atoms with Gasteiger partial charge in [-0.25, -0.2) is 14.8 Å². The number of ether oxygens (including phenoxy) is 2. The van der Waals surface area contributed by atoms with Crippen LogP contribution in [0.5, 0.6) is 5.75 Å². The summed E-state index contributed by atoms with van der Waals surface area (Å²) in [6.45, 7) is 7.99. The maximum absolute atomic E-state index is 13.2. The molecule has 2 N–H and O–H groups in total. The van der Waals surface area contributed by atoms with Gasteiger partial charge in [0.25, 0.3) is 0 Å². The number of carbonyl (C=O) groups is 1. The highest BCUT2D eigenvalue weighted by Gasteiger charge is 2.25. The van der Waals surface area contributed by atoms with E-state index in [9.17, 15) is 4.79 Å². The Bertz CT molecular complexity index is 1740. The SMILES string of the molecule is CC#CCNc1cc(Nc2ncc(C(=O)OC(C)C)c(-c3cn(C)c4ccccc34)n2)c(OC)cc1N(C)CC1CCCN1C. The number of rotatable bonds is 11. The molecular weight excluding hydrogens is 566 g/mol. The van der Waals surface area contributed by atoms with Crippen molar-refractivity contribution in [3.8, 4) is 28.8 Å². The van der Waals surface area contributed by atoms with Crippen LogP contribution in [0.25, 0.3) is 22.2 Å². The number of anilines is 4. The van der Waals surface area contributed by atoms with Crippen molar-refractivity contribution in [2.45, 2.75) is 45.8 Å². The molecule has 1 fully saturated rings. The molecule has 1 atom stereocenters. The van der Waals surface area contributed by atoms with Gasteiger partial charge in [0.05, 0.1) is 42.5 Å². The zero-order valence-corrected chi connectivity index (χ0v) is 27.3. The Labute approximate surface area is 265 Å². The molecule has 1 unspecified atom stereocenters. The molecule has 236 valence electrons. The van der Waals surface area contributed by atoms with Crippen molar-refractivity contribution >= 4 is 39.9 Å². The molecule has 2 aromatic heterocycles. The molecule has 0 aliphatic carbocycles. The van der Waals surface area contributed by atoms with Crippen molar-refractivity contribution in [3.63, 3.8) is 0 Å². The fourth-order valence-corrected chi connectivity index (χ4v) is 5.87. The Balaban J connectivity index is 1.55. The zero-order chi connectivity index (χ0) is 32.1. The van der Waals surface area contributed by atoms with Gasteiger partial charge in [-0.2, -0.15) is 0 Å². The number of hydrogen-bond acceptors (Lipinski definition) is 9. The van der Waals surface area contributed by atoms with E-state index in [1.807, 2.05) is 75.0 Å². The predicted molar refractivity (Wildman–Crippen MR) is 182 cm³/mol. The first-order chi connectivity index (χ1) is 21.7. The van der Waals surface area contributed by atoms with Crippen molar-refractivity contribution in [1.82, 2.24) is 19.4 Å². The maximum Gasteiger partial charge on any atom is 0.342 e. The Hall–Kier alpha value is -4.75. The monoisotopic (exact) mass is 609 g/mol. The van der Waals surface area contributed by atoms with E-state index in [4.69, 9.17) is 14.5 Å².